The van der Waals surface area contributed by atoms with Gasteiger partial charge in [0.15, 0.2) is 0 Å². The highest BCUT2D eigenvalue weighted by atomic mass is 35.5. The summed E-state index contributed by atoms with van der Waals surface area (Å²) in [6, 6.07) is 5.26. The van der Waals surface area contributed by atoms with Crippen molar-refractivity contribution < 1.29 is 9.72 Å². The molecule has 0 fully saturated rings. The van der Waals surface area contributed by atoms with Gasteiger partial charge in [0, 0.05) is 17.1 Å². The van der Waals surface area contributed by atoms with Crippen molar-refractivity contribution in [1.29, 1.82) is 0 Å². The van der Waals surface area contributed by atoms with E-state index in [4.69, 9.17) is 11.6 Å². The third kappa shape index (κ3) is 3.87. The predicted octanol–water partition coefficient (Wildman–Crippen LogP) is 3.40. The Morgan fingerprint density at radius 2 is 2.09 bits per heavy atom. The zero-order chi connectivity index (χ0) is 17.1. The molecule has 7 nitrogen and oxygen atoms in total. The van der Waals surface area contributed by atoms with Crippen LogP contribution in [0.15, 0.2) is 18.2 Å². The van der Waals surface area contributed by atoms with E-state index in [9.17, 15) is 14.9 Å². The minimum absolute atomic E-state index is 0.00362. The number of nitro groups is 1. The van der Waals surface area contributed by atoms with Gasteiger partial charge < -0.3 is 5.32 Å². The van der Waals surface area contributed by atoms with Gasteiger partial charge in [-0.3, -0.25) is 19.6 Å². The number of benzene rings is 1. The monoisotopic (exact) mass is 336 g/mol. The molecule has 0 saturated carbocycles. The average Bonchev–Trinajstić information content (AvgIpc) is 2.75. The van der Waals surface area contributed by atoms with Crippen LogP contribution >= 0.6 is 11.6 Å². The Morgan fingerprint density at radius 3 is 2.70 bits per heavy atom. The lowest BCUT2D eigenvalue weighted by atomic mass is 10.2. The van der Waals surface area contributed by atoms with E-state index >= 15 is 0 Å². The second-order valence-corrected chi connectivity index (χ2v) is 5.69. The number of halogens is 1. The maximum absolute atomic E-state index is 12.1. The van der Waals surface area contributed by atoms with E-state index in [1.807, 2.05) is 13.0 Å². The number of aromatic nitrogens is 2. The molecule has 0 atom stereocenters. The molecule has 23 heavy (non-hydrogen) atoms. The summed E-state index contributed by atoms with van der Waals surface area (Å²) < 4.78 is 1.48. The first-order valence-electron chi connectivity index (χ1n) is 7.04. The molecule has 0 saturated heterocycles. The number of anilines is 1. The van der Waals surface area contributed by atoms with Crippen molar-refractivity contribution in [3.8, 4) is 0 Å². The molecule has 0 bridgehead atoms. The van der Waals surface area contributed by atoms with E-state index in [1.165, 1.54) is 4.68 Å². The molecule has 122 valence electrons. The normalized spacial score (nSPS) is 10.6. The average molecular weight is 337 g/mol. The largest absolute Gasteiger partial charge is 0.326 e. The molecule has 0 aliphatic carbocycles. The van der Waals surface area contributed by atoms with E-state index in [-0.39, 0.29) is 24.6 Å². The van der Waals surface area contributed by atoms with Crippen molar-refractivity contribution >= 4 is 28.9 Å². The van der Waals surface area contributed by atoms with Gasteiger partial charge in [0.2, 0.25) is 5.91 Å². The summed E-state index contributed by atoms with van der Waals surface area (Å²) in [4.78, 5) is 22.6. The lowest BCUT2D eigenvalue weighted by Gasteiger charge is -2.09. The summed E-state index contributed by atoms with van der Waals surface area (Å²) >= 11 is 5.91. The van der Waals surface area contributed by atoms with Gasteiger partial charge in [0.05, 0.1) is 11.5 Å². The number of aryl methyl sites for hydroxylation is 3. The second-order valence-electron chi connectivity index (χ2n) is 5.26. The van der Waals surface area contributed by atoms with Gasteiger partial charge in [-0.2, -0.15) is 5.10 Å². The number of carbonyl (C=O) groups excluding carboxylic acids is 1. The fourth-order valence-corrected chi connectivity index (χ4v) is 2.49. The van der Waals surface area contributed by atoms with Gasteiger partial charge in [-0.05, 0) is 38.5 Å². The summed E-state index contributed by atoms with van der Waals surface area (Å²) in [5, 5.41) is 18.4. The lowest BCUT2D eigenvalue weighted by Crippen LogP contribution is -2.16. The molecule has 0 aliphatic rings. The van der Waals surface area contributed by atoms with Crippen LogP contribution in [0.25, 0.3) is 0 Å². The van der Waals surface area contributed by atoms with Crippen molar-refractivity contribution in [2.45, 2.75) is 33.7 Å². The molecular weight excluding hydrogens is 320 g/mol. The van der Waals surface area contributed by atoms with E-state index < -0.39 is 4.92 Å². The van der Waals surface area contributed by atoms with Gasteiger partial charge in [-0.15, -0.1) is 0 Å². The van der Waals surface area contributed by atoms with Gasteiger partial charge in [0.25, 0.3) is 0 Å². The molecule has 0 unspecified atom stereocenters. The number of hydrogen-bond donors (Lipinski definition) is 1. The Bertz CT molecular complexity index is 770. The maximum atomic E-state index is 12.1. The number of amides is 1. The van der Waals surface area contributed by atoms with Crippen molar-refractivity contribution in [2.75, 3.05) is 5.32 Å². The highest BCUT2D eigenvalue weighted by molar-refractivity contribution is 6.31. The SMILES string of the molecule is Cc1ccc(Cl)cc1NC(=O)CCn1nc(C)c([N+](=O)[O-])c1C. The van der Waals surface area contributed by atoms with Crippen molar-refractivity contribution in [1.82, 2.24) is 9.78 Å². The van der Waals surface area contributed by atoms with E-state index in [2.05, 4.69) is 10.4 Å². The smallest absolute Gasteiger partial charge is 0.312 e. The summed E-state index contributed by atoms with van der Waals surface area (Å²) in [5.41, 5.74) is 2.35. The van der Waals surface area contributed by atoms with Crippen molar-refractivity contribution in [2.24, 2.45) is 0 Å². The standard InChI is InChI=1S/C15H17ClN4O3/c1-9-4-5-12(16)8-13(9)17-14(21)6-7-19-11(3)15(20(22)23)10(2)18-19/h4-5,8H,6-7H2,1-3H3,(H,17,21). The second kappa shape index (κ2) is 6.78. The third-order valence-electron chi connectivity index (χ3n) is 3.55. The Labute approximate surface area is 138 Å². The van der Waals surface area contributed by atoms with Gasteiger partial charge in [-0.25, -0.2) is 0 Å². The topological polar surface area (TPSA) is 90.1 Å². The van der Waals surface area contributed by atoms with Gasteiger partial charge in [-0.1, -0.05) is 17.7 Å². The van der Waals surface area contributed by atoms with Crippen LogP contribution < -0.4 is 5.32 Å². The third-order valence-corrected chi connectivity index (χ3v) is 3.79. The van der Waals surface area contributed by atoms with Gasteiger partial charge >= 0.3 is 5.69 Å². The summed E-state index contributed by atoms with van der Waals surface area (Å²) in [5.74, 6) is -0.203. The van der Waals surface area contributed by atoms with Crippen LogP contribution in [0.3, 0.4) is 0 Å². The van der Waals surface area contributed by atoms with E-state index in [0.29, 0.717) is 22.1 Å². The minimum Gasteiger partial charge on any atom is -0.326 e. The Morgan fingerprint density at radius 1 is 1.39 bits per heavy atom. The first-order chi connectivity index (χ1) is 10.8. The number of carbonyl (C=O) groups is 1. The van der Waals surface area contributed by atoms with Crippen LogP contribution in [0.4, 0.5) is 11.4 Å². The molecule has 1 aromatic carbocycles. The first-order valence-corrected chi connectivity index (χ1v) is 7.41. The first kappa shape index (κ1) is 17.0. The Hall–Kier alpha value is -2.41. The fourth-order valence-electron chi connectivity index (χ4n) is 2.32. The molecule has 1 amide bonds. The van der Waals surface area contributed by atoms with Crippen molar-refractivity contribution in [3.05, 3.63) is 50.3 Å². The van der Waals surface area contributed by atoms with Crippen LogP contribution in [0.5, 0.6) is 0 Å². The summed E-state index contributed by atoms with van der Waals surface area (Å²) in [6.45, 7) is 5.34. The Balaban J connectivity index is 2.04. The van der Waals surface area contributed by atoms with Crippen LogP contribution in [0.1, 0.15) is 23.4 Å². The van der Waals surface area contributed by atoms with E-state index in [0.717, 1.165) is 5.56 Å². The molecule has 8 heteroatoms. The number of nitrogens with zero attached hydrogens (tertiary/aromatic N) is 3. The van der Waals surface area contributed by atoms with Crippen molar-refractivity contribution in [3.63, 3.8) is 0 Å². The molecule has 1 heterocycles. The number of hydrogen-bond acceptors (Lipinski definition) is 4. The van der Waals surface area contributed by atoms with Gasteiger partial charge in [0.1, 0.15) is 11.4 Å². The van der Waals surface area contributed by atoms with Crippen LogP contribution in [0.2, 0.25) is 5.02 Å². The highest BCUT2D eigenvalue weighted by Gasteiger charge is 2.21. The summed E-state index contributed by atoms with van der Waals surface area (Å²) in [6.07, 6.45) is 0.158. The summed E-state index contributed by atoms with van der Waals surface area (Å²) in [7, 11) is 0. The lowest BCUT2D eigenvalue weighted by molar-refractivity contribution is -0.386. The quantitative estimate of drug-likeness (QED) is 0.669. The van der Waals surface area contributed by atoms with E-state index in [1.54, 1.807) is 26.0 Å². The van der Waals surface area contributed by atoms with Crippen LogP contribution in [0, 0.1) is 30.9 Å². The molecule has 0 radical (unpaired) electrons. The van der Waals surface area contributed by atoms with Crippen LogP contribution in [-0.2, 0) is 11.3 Å². The molecular formula is C15H17ClN4O3. The zero-order valence-electron chi connectivity index (χ0n) is 13.1. The number of nitrogens with one attached hydrogen (secondary N) is 1. The molecule has 2 rings (SSSR count). The molecule has 1 aromatic heterocycles. The highest BCUT2D eigenvalue weighted by Crippen LogP contribution is 2.22. The van der Waals surface area contributed by atoms with Crippen LogP contribution in [-0.4, -0.2) is 20.6 Å². The minimum atomic E-state index is -0.455. The zero-order valence-corrected chi connectivity index (χ0v) is 13.8. The fraction of sp³-hybridized carbons (Fsp3) is 0.333. The Kier molecular flexibility index (Phi) is 5.00. The molecule has 0 aliphatic heterocycles. The molecule has 2 aromatic rings. The molecule has 1 N–H and O–H groups in total. The number of rotatable bonds is 5. The molecule has 0 spiro atoms. The maximum Gasteiger partial charge on any atom is 0.312 e. The predicted molar refractivity (Wildman–Crippen MR) is 87.8 cm³/mol.